The summed E-state index contributed by atoms with van der Waals surface area (Å²) in [6.45, 7) is 0. The molecule has 0 radical (unpaired) electrons. The van der Waals surface area contributed by atoms with Crippen molar-refractivity contribution in [2.75, 3.05) is 7.11 Å². The van der Waals surface area contributed by atoms with Crippen molar-refractivity contribution in [3.8, 4) is 5.75 Å². The van der Waals surface area contributed by atoms with Crippen LogP contribution >= 0.6 is 23.4 Å². The average Bonchev–Trinajstić information content (AvgIpc) is 2.46. The molecular formula is C14H14BClO3S. The Morgan fingerprint density at radius 2 is 1.85 bits per heavy atom. The number of benzene rings is 2. The zero-order valence-electron chi connectivity index (χ0n) is 10.9. The van der Waals surface area contributed by atoms with E-state index in [1.165, 1.54) is 0 Å². The molecule has 3 nitrogen and oxygen atoms in total. The van der Waals surface area contributed by atoms with Gasteiger partial charge in [-0.05, 0) is 47.4 Å². The molecule has 0 fully saturated rings. The summed E-state index contributed by atoms with van der Waals surface area (Å²) in [6.07, 6.45) is 0. The van der Waals surface area contributed by atoms with Gasteiger partial charge in [0.2, 0.25) is 0 Å². The Labute approximate surface area is 127 Å². The Kier molecular flexibility index (Phi) is 5.37. The van der Waals surface area contributed by atoms with E-state index in [1.54, 1.807) is 31.0 Å². The molecule has 2 aromatic carbocycles. The highest BCUT2D eigenvalue weighted by molar-refractivity contribution is 7.98. The maximum absolute atomic E-state index is 9.39. The van der Waals surface area contributed by atoms with E-state index in [1.807, 2.05) is 30.3 Å². The van der Waals surface area contributed by atoms with Gasteiger partial charge in [0.1, 0.15) is 5.75 Å². The van der Waals surface area contributed by atoms with Crippen molar-refractivity contribution in [2.24, 2.45) is 0 Å². The van der Waals surface area contributed by atoms with E-state index in [0.717, 1.165) is 10.5 Å². The standard InChI is InChI=1S/C14H14BClO3S/c1-19-12-4-7-14(15(17)18)10(8-12)9-20-13-5-2-11(16)3-6-13/h2-8,17-18H,9H2,1H3. The first-order chi connectivity index (χ1) is 9.60. The van der Waals surface area contributed by atoms with Crippen LogP contribution in [0, 0.1) is 0 Å². The van der Waals surface area contributed by atoms with Crippen LogP contribution in [0.4, 0.5) is 0 Å². The van der Waals surface area contributed by atoms with Crippen LogP contribution in [-0.2, 0) is 5.75 Å². The van der Waals surface area contributed by atoms with Crippen LogP contribution in [0.2, 0.25) is 5.02 Å². The molecule has 0 aliphatic heterocycles. The smallest absolute Gasteiger partial charge is 0.488 e. The third-order valence-corrected chi connectivity index (χ3v) is 4.15. The third kappa shape index (κ3) is 3.93. The molecule has 0 spiro atoms. The Morgan fingerprint density at radius 1 is 1.15 bits per heavy atom. The minimum atomic E-state index is -1.48. The molecule has 20 heavy (non-hydrogen) atoms. The van der Waals surface area contributed by atoms with Crippen LogP contribution in [0.1, 0.15) is 5.56 Å². The number of halogens is 1. The van der Waals surface area contributed by atoms with Gasteiger partial charge in [-0.1, -0.05) is 17.7 Å². The number of methoxy groups -OCH3 is 1. The highest BCUT2D eigenvalue weighted by Gasteiger charge is 2.16. The summed E-state index contributed by atoms with van der Waals surface area (Å²) in [5, 5.41) is 19.5. The Bertz CT molecular complexity index is 575. The number of hydrogen-bond acceptors (Lipinski definition) is 4. The Morgan fingerprint density at radius 3 is 2.45 bits per heavy atom. The molecule has 0 aromatic heterocycles. The molecule has 0 saturated carbocycles. The van der Waals surface area contributed by atoms with Gasteiger partial charge in [0, 0.05) is 15.7 Å². The van der Waals surface area contributed by atoms with Gasteiger partial charge >= 0.3 is 7.12 Å². The predicted octanol–water partition coefficient (Wildman–Crippen LogP) is 2.32. The summed E-state index contributed by atoms with van der Waals surface area (Å²) in [5.41, 5.74) is 1.33. The summed E-state index contributed by atoms with van der Waals surface area (Å²) in [4.78, 5) is 1.07. The highest BCUT2D eigenvalue weighted by atomic mass is 35.5. The molecule has 0 heterocycles. The van der Waals surface area contributed by atoms with Crippen LogP contribution < -0.4 is 10.2 Å². The number of rotatable bonds is 5. The van der Waals surface area contributed by atoms with E-state index in [2.05, 4.69) is 0 Å². The molecule has 2 aromatic rings. The zero-order valence-corrected chi connectivity index (χ0v) is 12.5. The fourth-order valence-corrected chi connectivity index (χ4v) is 2.80. The molecule has 2 N–H and O–H groups in total. The molecule has 0 saturated heterocycles. The zero-order chi connectivity index (χ0) is 14.5. The van der Waals surface area contributed by atoms with E-state index >= 15 is 0 Å². The second-order valence-electron chi connectivity index (χ2n) is 4.18. The van der Waals surface area contributed by atoms with Gasteiger partial charge in [0.15, 0.2) is 0 Å². The molecule has 0 bridgehead atoms. The largest absolute Gasteiger partial charge is 0.497 e. The van der Waals surface area contributed by atoms with Crippen LogP contribution in [0.3, 0.4) is 0 Å². The Hall–Kier alpha value is -1.14. The summed E-state index contributed by atoms with van der Waals surface area (Å²) >= 11 is 7.44. The summed E-state index contributed by atoms with van der Waals surface area (Å²) in [7, 11) is 0.0993. The van der Waals surface area contributed by atoms with Crippen molar-refractivity contribution in [2.45, 2.75) is 10.6 Å². The number of ether oxygens (including phenoxy) is 1. The van der Waals surface area contributed by atoms with Gasteiger partial charge in [0.05, 0.1) is 7.11 Å². The van der Waals surface area contributed by atoms with Crippen molar-refractivity contribution in [1.29, 1.82) is 0 Å². The van der Waals surface area contributed by atoms with Crippen LogP contribution in [-0.4, -0.2) is 24.3 Å². The molecule has 104 valence electrons. The Balaban J connectivity index is 2.16. The lowest BCUT2D eigenvalue weighted by atomic mass is 9.77. The summed E-state index contributed by atoms with van der Waals surface area (Å²) < 4.78 is 5.17. The second kappa shape index (κ2) is 7.04. The van der Waals surface area contributed by atoms with E-state index in [9.17, 15) is 10.0 Å². The quantitative estimate of drug-likeness (QED) is 0.657. The lowest BCUT2D eigenvalue weighted by molar-refractivity contribution is 0.413. The molecular weight excluding hydrogens is 294 g/mol. The first kappa shape index (κ1) is 15.3. The van der Waals surface area contributed by atoms with Crippen LogP contribution in [0.5, 0.6) is 5.75 Å². The fourth-order valence-electron chi connectivity index (χ4n) is 1.78. The first-order valence-corrected chi connectivity index (χ1v) is 7.38. The second-order valence-corrected chi connectivity index (χ2v) is 5.67. The lowest BCUT2D eigenvalue weighted by Crippen LogP contribution is -2.32. The van der Waals surface area contributed by atoms with E-state index in [-0.39, 0.29) is 0 Å². The maximum Gasteiger partial charge on any atom is 0.488 e. The van der Waals surface area contributed by atoms with Crippen molar-refractivity contribution in [3.05, 3.63) is 53.1 Å². The third-order valence-electron chi connectivity index (χ3n) is 2.84. The summed E-state index contributed by atoms with van der Waals surface area (Å²) in [5.74, 6) is 1.31. The van der Waals surface area contributed by atoms with Gasteiger partial charge < -0.3 is 14.8 Å². The molecule has 0 aliphatic carbocycles. The van der Waals surface area contributed by atoms with Crippen LogP contribution in [0.15, 0.2) is 47.4 Å². The van der Waals surface area contributed by atoms with Gasteiger partial charge in [-0.25, -0.2) is 0 Å². The number of thioether (sulfide) groups is 1. The van der Waals surface area contributed by atoms with E-state index < -0.39 is 7.12 Å². The topological polar surface area (TPSA) is 49.7 Å². The lowest BCUT2D eigenvalue weighted by Gasteiger charge is -2.11. The van der Waals surface area contributed by atoms with Gasteiger partial charge in [0.25, 0.3) is 0 Å². The van der Waals surface area contributed by atoms with Gasteiger partial charge in [-0.15, -0.1) is 11.8 Å². The van der Waals surface area contributed by atoms with Gasteiger partial charge in [-0.2, -0.15) is 0 Å². The van der Waals surface area contributed by atoms with Crippen molar-refractivity contribution >= 4 is 35.9 Å². The predicted molar refractivity (Wildman–Crippen MR) is 83.8 cm³/mol. The molecule has 2 rings (SSSR count). The van der Waals surface area contributed by atoms with Crippen molar-refractivity contribution in [1.82, 2.24) is 0 Å². The normalized spacial score (nSPS) is 10.4. The molecule has 0 atom stereocenters. The molecule has 6 heteroatoms. The molecule has 0 unspecified atom stereocenters. The van der Waals surface area contributed by atoms with Crippen molar-refractivity contribution < 1.29 is 14.8 Å². The van der Waals surface area contributed by atoms with Crippen LogP contribution in [0.25, 0.3) is 0 Å². The number of hydrogen-bond donors (Lipinski definition) is 2. The minimum Gasteiger partial charge on any atom is -0.497 e. The fraction of sp³-hybridized carbons (Fsp3) is 0.143. The van der Waals surface area contributed by atoms with Gasteiger partial charge in [-0.3, -0.25) is 0 Å². The highest BCUT2D eigenvalue weighted by Crippen LogP contribution is 2.25. The molecule has 0 amide bonds. The SMILES string of the molecule is COc1ccc(B(O)O)c(CSc2ccc(Cl)cc2)c1. The van der Waals surface area contributed by atoms with Crippen molar-refractivity contribution in [3.63, 3.8) is 0 Å². The molecule has 0 aliphatic rings. The first-order valence-electron chi connectivity index (χ1n) is 6.01. The average molecular weight is 309 g/mol. The maximum atomic E-state index is 9.39. The van der Waals surface area contributed by atoms with E-state index in [0.29, 0.717) is 22.0 Å². The van der Waals surface area contributed by atoms with E-state index in [4.69, 9.17) is 16.3 Å². The summed E-state index contributed by atoms with van der Waals surface area (Å²) in [6, 6.07) is 12.7. The monoisotopic (exact) mass is 308 g/mol. The minimum absolute atomic E-state index is 0.493.